The van der Waals surface area contributed by atoms with Gasteiger partial charge >= 0.3 is 0 Å². The smallest absolute Gasteiger partial charge is 0.251 e. The fourth-order valence-electron chi connectivity index (χ4n) is 3.52. The molecular weight excluding hydrogens is 420 g/mol. The molecule has 168 valence electrons. The number of hydrogen-bond donors (Lipinski definition) is 1. The Kier molecular flexibility index (Phi) is 7.40. The summed E-state index contributed by atoms with van der Waals surface area (Å²) in [6.45, 7) is 0.999. The van der Waals surface area contributed by atoms with Crippen LogP contribution in [0.15, 0.2) is 36.4 Å². The van der Waals surface area contributed by atoms with Crippen molar-refractivity contribution in [2.75, 3.05) is 40.2 Å². The van der Waals surface area contributed by atoms with E-state index in [-0.39, 0.29) is 18.2 Å². The minimum absolute atomic E-state index is 0.0293. The van der Waals surface area contributed by atoms with E-state index in [0.717, 1.165) is 11.1 Å². The molecule has 1 heterocycles. The highest BCUT2D eigenvalue weighted by molar-refractivity contribution is 7.89. The summed E-state index contributed by atoms with van der Waals surface area (Å²) in [5, 5.41) is 2.76. The van der Waals surface area contributed by atoms with Gasteiger partial charge in [-0.2, -0.15) is 4.31 Å². The van der Waals surface area contributed by atoms with Crippen molar-refractivity contribution in [3.63, 3.8) is 0 Å². The molecule has 3 rings (SSSR count). The highest BCUT2D eigenvalue weighted by Gasteiger charge is 2.27. The van der Waals surface area contributed by atoms with Crippen LogP contribution in [0.5, 0.6) is 17.2 Å². The van der Waals surface area contributed by atoms with E-state index in [1.165, 1.54) is 4.31 Å². The van der Waals surface area contributed by atoms with Crippen molar-refractivity contribution >= 4 is 15.9 Å². The quantitative estimate of drug-likeness (QED) is 0.591. The van der Waals surface area contributed by atoms with E-state index in [4.69, 9.17) is 14.2 Å². The molecule has 8 nitrogen and oxygen atoms in total. The lowest BCUT2D eigenvalue weighted by atomic mass is 10.0. The van der Waals surface area contributed by atoms with Crippen LogP contribution in [0.1, 0.15) is 27.9 Å². The average molecular weight is 449 g/mol. The second-order valence-electron chi connectivity index (χ2n) is 7.21. The minimum atomic E-state index is -3.44. The van der Waals surface area contributed by atoms with Crippen molar-refractivity contribution in [2.45, 2.75) is 19.4 Å². The number of ether oxygens (including phenoxy) is 3. The molecule has 1 aliphatic rings. The lowest BCUT2D eigenvalue weighted by Gasteiger charge is -2.29. The van der Waals surface area contributed by atoms with Crippen molar-refractivity contribution in [1.82, 2.24) is 9.62 Å². The standard InChI is InChI=1S/C22H28N2O6S/c1-28-19-7-5-16(6-8-19)22(25)23-10-4-12-31(26,27)24-11-9-17-13-20(29-2)21(30-3)14-18(17)15-24/h5-8,13-14H,4,9-12,15H2,1-3H3,(H,23,25). The highest BCUT2D eigenvalue weighted by atomic mass is 32.2. The van der Waals surface area contributed by atoms with Crippen LogP contribution < -0.4 is 19.5 Å². The number of sulfonamides is 1. The fourth-order valence-corrected chi connectivity index (χ4v) is 5.00. The molecule has 0 aromatic heterocycles. The second-order valence-corrected chi connectivity index (χ2v) is 9.30. The number of methoxy groups -OCH3 is 3. The molecule has 1 N–H and O–H groups in total. The number of rotatable bonds is 9. The summed E-state index contributed by atoms with van der Waals surface area (Å²) in [7, 11) is 1.26. The molecule has 0 radical (unpaired) electrons. The van der Waals surface area contributed by atoms with Crippen LogP contribution in [-0.2, 0) is 23.0 Å². The summed E-state index contributed by atoms with van der Waals surface area (Å²) in [5.41, 5.74) is 2.48. The molecule has 0 atom stereocenters. The third kappa shape index (κ3) is 5.48. The van der Waals surface area contributed by atoms with Crippen LogP contribution >= 0.6 is 0 Å². The highest BCUT2D eigenvalue weighted by Crippen LogP contribution is 2.33. The number of benzene rings is 2. The van der Waals surface area contributed by atoms with E-state index < -0.39 is 10.0 Å². The number of nitrogens with zero attached hydrogens (tertiary/aromatic N) is 1. The molecular formula is C22H28N2O6S. The summed E-state index contributed by atoms with van der Waals surface area (Å²) in [5.74, 6) is 1.63. The predicted molar refractivity (Wildman–Crippen MR) is 117 cm³/mol. The van der Waals surface area contributed by atoms with Gasteiger partial charge in [-0.1, -0.05) is 0 Å². The van der Waals surface area contributed by atoms with Gasteiger partial charge in [0.1, 0.15) is 5.75 Å². The Labute approximate surface area is 183 Å². The van der Waals surface area contributed by atoms with Crippen molar-refractivity contribution in [3.05, 3.63) is 53.1 Å². The zero-order valence-electron chi connectivity index (χ0n) is 18.0. The number of amides is 1. The van der Waals surface area contributed by atoms with Gasteiger partial charge in [0.25, 0.3) is 5.91 Å². The number of nitrogens with one attached hydrogen (secondary N) is 1. The fraction of sp³-hybridized carbons (Fsp3) is 0.409. The third-order valence-electron chi connectivity index (χ3n) is 5.29. The van der Waals surface area contributed by atoms with Crippen molar-refractivity contribution in [3.8, 4) is 17.2 Å². The summed E-state index contributed by atoms with van der Waals surface area (Å²) in [6, 6.07) is 10.5. The first-order chi connectivity index (χ1) is 14.9. The minimum Gasteiger partial charge on any atom is -0.497 e. The van der Waals surface area contributed by atoms with Gasteiger partial charge in [0.15, 0.2) is 11.5 Å². The lowest BCUT2D eigenvalue weighted by molar-refractivity contribution is 0.0953. The van der Waals surface area contributed by atoms with E-state index in [9.17, 15) is 13.2 Å². The lowest BCUT2D eigenvalue weighted by Crippen LogP contribution is -2.38. The summed E-state index contributed by atoms with van der Waals surface area (Å²) < 4.78 is 42.8. The maximum absolute atomic E-state index is 12.8. The summed E-state index contributed by atoms with van der Waals surface area (Å²) in [6.07, 6.45) is 0.947. The molecule has 0 saturated heterocycles. The molecule has 9 heteroatoms. The summed E-state index contributed by atoms with van der Waals surface area (Å²) in [4.78, 5) is 12.2. The van der Waals surface area contributed by atoms with E-state index in [2.05, 4.69) is 5.32 Å². The molecule has 2 aromatic rings. The molecule has 0 unspecified atom stereocenters. The van der Waals surface area contributed by atoms with Crippen molar-refractivity contribution < 1.29 is 27.4 Å². The maximum atomic E-state index is 12.8. The van der Waals surface area contributed by atoms with Crippen LogP contribution in [-0.4, -0.2) is 58.8 Å². The monoisotopic (exact) mass is 448 g/mol. The molecule has 0 aliphatic carbocycles. The van der Waals surface area contributed by atoms with Gasteiger partial charge in [-0.3, -0.25) is 4.79 Å². The molecule has 1 aliphatic heterocycles. The Morgan fingerprint density at radius 3 is 2.26 bits per heavy atom. The maximum Gasteiger partial charge on any atom is 0.251 e. The SMILES string of the molecule is COc1ccc(C(=O)NCCCS(=O)(=O)N2CCc3cc(OC)c(OC)cc3C2)cc1. The van der Waals surface area contributed by atoms with E-state index in [1.54, 1.807) is 45.6 Å². The second kappa shape index (κ2) is 10.0. The Balaban J connectivity index is 1.53. The summed E-state index contributed by atoms with van der Waals surface area (Å²) >= 11 is 0. The van der Waals surface area contributed by atoms with Gasteiger partial charge < -0.3 is 19.5 Å². The molecule has 0 saturated carbocycles. The molecule has 31 heavy (non-hydrogen) atoms. The number of carbonyl (C=O) groups excluding carboxylic acids is 1. The van der Waals surface area contributed by atoms with Crippen LogP contribution in [0.4, 0.5) is 0 Å². The van der Waals surface area contributed by atoms with Gasteiger partial charge in [0, 0.05) is 25.2 Å². The van der Waals surface area contributed by atoms with Crippen LogP contribution in [0.25, 0.3) is 0 Å². The number of hydrogen-bond acceptors (Lipinski definition) is 6. The molecule has 0 spiro atoms. The van der Waals surface area contributed by atoms with E-state index in [0.29, 0.717) is 48.7 Å². The Hall–Kier alpha value is -2.78. The Bertz CT molecular complexity index is 1020. The van der Waals surface area contributed by atoms with E-state index in [1.807, 2.05) is 12.1 Å². The van der Waals surface area contributed by atoms with Gasteiger partial charge in [-0.15, -0.1) is 0 Å². The first-order valence-corrected chi connectivity index (χ1v) is 11.6. The molecule has 2 aromatic carbocycles. The topological polar surface area (TPSA) is 94.2 Å². The first-order valence-electron chi connectivity index (χ1n) is 10.0. The Morgan fingerprint density at radius 2 is 1.65 bits per heavy atom. The zero-order valence-corrected chi connectivity index (χ0v) is 18.8. The average Bonchev–Trinajstić information content (AvgIpc) is 2.80. The van der Waals surface area contributed by atoms with Crippen molar-refractivity contribution in [2.24, 2.45) is 0 Å². The number of fused-ring (bicyclic) bond motifs is 1. The third-order valence-corrected chi connectivity index (χ3v) is 7.20. The molecule has 0 fully saturated rings. The van der Waals surface area contributed by atoms with Crippen LogP contribution in [0.3, 0.4) is 0 Å². The van der Waals surface area contributed by atoms with Crippen molar-refractivity contribution in [1.29, 1.82) is 0 Å². The van der Waals surface area contributed by atoms with Crippen LogP contribution in [0, 0.1) is 0 Å². The molecule has 1 amide bonds. The normalized spacial score (nSPS) is 13.9. The van der Waals surface area contributed by atoms with Gasteiger partial charge in [0.2, 0.25) is 10.0 Å². The largest absolute Gasteiger partial charge is 0.497 e. The zero-order chi connectivity index (χ0) is 22.4. The van der Waals surface area contributed by atoms with Gasteiger partial charge in [-0.25, -0.2) is 8.42 Å². The van der Waals surface area contributed by atoms with E-state index >= 15 is 0 Å². The van der Waals surface area contributed by atoms with Gasteiger partial charge in [-0.05, 0) is 60.4 Å². The number of carbonyl (C=O) groups is 1. The van der Waals surface area contributed by atoms with Gasteiger partial charge in [0.05, 0.1) is 27.1 Å². The Morgan fingerprint density at radius 1 is 1.00 bits per heavy atom. The first kappa shape index (κ1) is 22.9. The molecule has 0 bridgehead atoms. The van der Waals surface area contributed by atoms with Crippen LogP contribution in [0.2, 0.25) is 0 Å². The predicted octanol–water partition coefficient (Wildman–Crippen LogP) is 2.22.